The molecule has 2 atom stereocenters. The minimum absolute atomic E-state index is 0.00924. The minimum atomic E-state index is -0.560. The molecule has 0 aliphatic heterocycles. The average molecular weight is 457 g/mol. The quantitative estimate of drug-likeness (QED) is 0.453. The van der Waals surface area contributed by atoms with E-state index in [9.17, 15) is 4.39 Å². The molecular weight excluding hydrogens is 431 g/mol. The molecule has 2 aromatic carbocycles. The molecule has 0 bridgehead atoms. The van der Waals surface area contributed by atoms with Crippen LogP contribution in [0.5, 0.6) is 0 Å². The number of nitrogens with two attached hydrogens (primary N) is 1. The van der Waals surface area contributed by atoms with Crippen molar-refractivity contribution in [2.24, 2.45) is 11.7 Å². The van der Waals surface area contributed by atoms with E-state index in [0.29, 0.717) is 23.0 Å². The van der Waals surface area contributed by atoms with Crippen molar-refractivity contribution in [1.82, 2.24) is 24.8 Å². The molecule has 0 radical (unpaired) electrons. The van der Waals surface area contributed by atoms with Gasteiger partial charge in [0.05, 0.1) is 35.0 Å². The fourth-order valence-corrected chi connectivity index (χ4v) is 4.52. The van der Waals surface area contributed by atoms with Gasteiger partial charge in [-0.1, -0.05) is 23.8 Å². The van der Waals surface area contributed by atoms with Crippen LogP contribution < -0.4 is 11.1 Å². The lowest BCUT2D eigenvalue weighted by atomic mass is 9.86. The number of nitriles is 1. The van der Waals surface area contributed by atoms with Crippen LogP contribution in [-0.2, 0) is 0 Å². The first kappa shape index (κ1) is 21.8. The van der Waals surface area contributed by atoms with Crippen molar-refractivity contribution in [2.75, 3.05) is 11.9 Å². The molecule has 0 saturated heterocycles. The zero-order valence-corrected chi connectivity index (χ0v) is 18.6. The Morgan fingerprint density at radius 2 is 2.03 bits per heavy atom. The zero-order valence-electron chi connectivity index (χ0n) is 18.6. The number of nitrogens with zero attached hydrogens (tertiary/aromatic N) is 6. The standard InChI is InChI=1S/C25H25FN8/c26-23-12-18(7-8-19(23)15-27)24-14-25(29-16-17-3-1-4-20(28)11-17)31-34(24)22-6-2-5-21(13-22)33-10-9-30-32-33/h2,5-10,12-14,17,20H,1,3-4,11,16,28H2,(H,29,31)/t17-,20-/m0/s1. The summed E-state index contributed by atoms with van der Waals surface area (Å²) in [6.45, 7) is 0.783. The Bertz CT molecular complexity index is 1320. The third-order valence-electron chi connectivity index (χ3n) is 6.25. The Balaban J connectivity index is 1.51. The Morgan fingerprint density at radius 1 is 1.15 bits per heavy atom. The molecular formula is C25H25FN8. The maximum atomic E-state index is 14.5. The van der Waals surface area contributed by atoms with Crippen LogP contribution in [0.4, 0.5) is 10.2 Å². The van der Waals surface area contributed by atoms with Crippen LogP contribution in [0.15, 0.2) is 60.9 Å². The highest BCUT2D eigenvalue weighted by atomic mass is 19.1. The van der Waals surface area contributed by atoms with Gasteiger partial charge in [-0.15, -0.1) is 10.2 Å². The number of hydrogen-bond acceptors (Lipinski definition) is 6. The molecule has 1 aliphatic carbocycles. The summed E-state index contributed by atoms with van der Waals surface area (Å²) in [5.74, 6) is 0.639. The van der Waals surface area contributed by atoms with Gasteiger partial charge in [-0.05, 0) is 55.5 Å². The van der Waals surface area contributed by atoms with Gasteiger partial charge in [-0.2, -0.15) is 5.26 Å². The van der Waals surface area contributed by atoms with E-state index in [-0.39, 0.29) is 11.6 Å². The van der Waals surface area contributed by atoms with Gasteiger partial charge >= 0.3 is 0 Å². The monoisotopic (exact) mass is 456 g/mol. The lowest BCUT2D eigenvalue weighted by molar-refractivity contribution is 0.335. The first-order chi connectivity index (χ1) is 16.6. The van der Waals surface area contributed by atoms with Crippen LogP contribution in [0.25, 0.3) is 22.6 Å². The molecule has 2 aromatic heterocycles. The van der Waals surface area contributed by atoms with Crippen LogP contribution in [0.1, 0.15) is 31.2 Å². The van der Waals surface area contributed by atoms with Gasteiger partial charge < -0.3 is 11.1 Å². The molecule has 1 aliphatic rings. The summed E-state index contributed by atoms with van der Waals surface area (Å²) in [7, 11) is 0. The predicted octanol–water partition coefficient (Wildman–Crippen LogP) is 4.06. The van der Waals surface area contributed by atoms with Crippen molar-refractivity contribution in [3.63, 3.8) is 0 Å². The Kier molecular flexibility index (Phi) is 6.06. The number of benzene rings is 2. The van der Waals surface area contributed by atoms with E-state index in [0.717, 1.165) is 43.6 Å². The second-order valence-corrected chi connectivity index (χ2v) is 8.67. The smallest absolute Gasteiger partial charge is 0.149 e. The van der Waals surface area contributed by atoms with Crippen LogP contribution >= 0.6 is 0 Å². The highest BCUT2D eigenvalue weighted by molar-refractivity contribution is 5.67. The molecule has 4 aromatic rings. The second kappa shape index (κ2) is 9.45. The van der Waals surface area contributed by atoms with E-state index >= 15 is 0 Å². The number of rotatable bonds is 6. The largest absolute Gasteiger partial charge is 0.368 e. The number of nitrogens with one attached hydrogen (secondary N) is 1. The van der Waals surface area contributed by atoms with Crippen molar-refractivity contribution in [1.29, 1.82) is 5.26 Å². The first-order valence-electron chi connectivity index (χ1n) is 11.4. The predicted molar refractivity (Wildman–Crippen MR) is 127 cm³/mol. The minimum Gasteiger partial charge on any atom is -0.368 e. The number of halogens is 1. The Labute approximate surface area is 196 Å². The van der Waals surface area contributed by atoms with Crippen LogP contribution in [0.2, 0.25) is 0 Å². The van der Waals surface area contributed by atoms with E-state index in [1.165, 1.54) is 12.1 Å². The molecule has 0 unspecified atom stereocenters. The first-order valence-corrected chi connectivity index (χ1v) is 11.4. The number of anilines is 1. The fourth-order valence-electron chi connectivity index (χ4n) is 4.52. The van der Waals surface area contributed by atoms with Crippen molar-refractivity contribution >= 4 is 5.82 Å². The Morgan fingerprint density at radius 3 is 2.79 bits per heavy atom. The maximum absolute atomic E-state index is 14.5. The van der Waals surface area contributed by atoms with Gasteiger partial charge in [0.25, 0.3) is 0 Å². The van der Waals surface area contributed by atoms with E-state index < -0.39 is 5.82 Å². The van der Waals surface area contributed by atoms with E-state index in [1.54, 1.807) is 27.8 Å². The lowest BCUT2D eigenvalue weighted by Crippen LogP contribution is -2.31. The van der Waals surface area contributed by atoms with E-state index in [4.69, 9.17) is 16.1 Å². The summed E-state index contributed by atoms with van der Waals surface area (Å²) >= 11 is 0. The number of aromatic nitrogens is 5. The lowest BCUT2D eigenvalue weighted by Gasteiger charge is -2.26. The van der Waals surface area contributed by atoms with Crippen molar-refractivity contribution in [3.8, 4) is 28.7 Å². The molecule has 5 rings (SSSR count). The Hall–Kier alpha value is -4.03. The summed E-state index contributed by atoms with van der Waals surface area (Å²) < 4.78 is 17.9. The van der Waals surface area contributed by atoms with Gasteiger partial charge in [-0.3, -0.25) is 0 Å². The topological polar surface area (TPSA) is 110 Å². The van der Waals surface area contributed by atoms with E-state index in [1.807, 2.05) is 36.4 Å². The average Bonchev–Trinajstić information content (AvgIpc) is 3.54. The van der Waals surface area contributed by atoms with Gasteiger partial charge in [0.1, 0.15) is 17.7 Å². The van der Waals surface area contributed by atoms with Gasteiger partial charge in [0.2, 0.25) is 0 Å². The molecule has 1 fully saturated rings. The number of hydrogen-bond donors (Lipinski definition) is 2. The van der Waals surface area contributed by atoms with E-state index in [2.05, 4.69) is 15.6 Å². The van der Waals surface area contributed by atoms with Crippen molar-refractivity contribution in [2.45, 2.75) is 31.7 Å². The van der Waals surface area contributed by atoms with Crippen LogP contribution in [0.3, 0.4) is 0 Å². The zero-order chi connectivity index (χ0) is 23.5. The van der Waals surface area contributed by atoms with Crippen molar-refractivity contribution in [3.05, 3.63) is 72.3 Å². The van der Waals surface area contributed by atoms with Gasteiger partial charge in [-0.25, -0.2) is 13.8 Å². The van der Waals surface area contributed by atoms with Gasteiger partial charge in [0.15, 0.2) is 0 Å². The third-order valence-corrected chi connectivity index (χ3v) is 6.25. The normalized spacial score (nSPS) is 17.9. The molecule has 9 heteroatoms. The van der Waals surface area contributed by atoms with Crippen LogP contribution in [0, 0.1) is 23.1 Å². The summed E-state index contributed by atoms with van der Waals surface area (Å²) in [5.41, 5.74) is 9.12. The third kappa shape index (κ3) is 4.54. The second-order valence-electron chi connectivity index (χ2n) is 8.67. The summed E-state index contributed by atoms with van der Waals surface area (Å²) in [4.78, 5) is 0. The van der Waals surface area contributed by atoms with Gasteiger partial charge in [0, 0.05) is 24.2 Å². The SMILES string of the molecule is N#Cc1ccc(-c2cc(NC[C@H]3CCC[C@H](N)C3)nn2-c2cccc(-n3ccnn3)c2)cc1F. The fraction of sp³-hybridized carbons (Fsp3) is 0.280. The maximum Gasteiger partial charge on any atom is 0.149 e. The molecule has 0 amide bonds. The molecule has 1 saturated carbocycles. The molecule has 34 heavy (non-hydrogen) atoms. The highest BCUT2D eigenvalue weighted by Crippen LogP contribution is 2.29. The van der Waals surface area contributed by atoms with Crippen molar-refractivity contribution < 1.29 is 4.39 Å². The molecule has 0 spiro atoms. The molecule has 172 valence electrons. The summed E-state index contributed by atoms with van der Waals surface area (Å²) in [6.07, 6.45) is 7.76. The van der Waals surface area contributed by atoms with Crippen LogP contribution in [-0.4, -0.2) is 37.4 Å². The molecule has 8 nitrogen and oxygen atoms in total. The molecule has 2 heterocycles. The summed E-state index contributed by atoms with van der Waals surface area (Å²) in [5, 5.41) is 25.3. The summed E-state index contributed by atoms with van der Waals surface area (Å²) in [6, 6.07) is 16.3. The molecule has 3 N–H and O–H groups in total. The highest BCUT2D eigenvalue weighted by Gasteiger charge is 2.20.